The highest BCUT2D eigenvalue weighted by Crippen LogP contribution is 2.27. The van der Waals surface area contributed by atoms with Crippen LogP contribution in [0.1, 0.15) is 38.3 Å². The van der Waals surface area contributed by atoms with E-state index in [4.69, 9.17) is 4.52 Å². The van der Waals surface area contributed by atoms with Gasteiger partial charge in [0.25, 0.3) is 0 Å². The second-order valence-corrected chi connectivity index (χ2v) is 4.76. The van der Waals surface area contributed by atoms with Crippen LogP contribution in [0.15, 0.2) is 16.9 Å². The number of rotatable bonds is 4. The highest BCUT2D eigenvalue weighted by atomic mass is 16.5. The van der Waals surface area contributed by atoms with Crippen molar-refractivity contribution >= 4 is 0 Å². The van der Waals surface area contributed by atoms with E-state index in [1.165, 1.54) is 25.7 Å². The van der Waals surface area contributed by atoms with Gasteiger partial charge in [0.15, 0.2) is 0 Å². The normalized spacial score (nSPS) is 26.7. The Balaban J connectivity index is 1.65. The standard InChI is InChI=1S/C12H20N2O/c1-10-3-2-4-11(7-10)8-13-9-12-5-6-15-14-12/h5-6,10-11,13H,2-4,7-9H2,1H3. The topological polar surface area (TPSA) is 38.1 Å². The molecular weight excluding hydrogens is 188 g/mol. The van der Waals surface area contributed by atoms with Gasteiger partial charge >= 0.3 is 0 Å². The summed E-state index contributed by atoms with van der Waals surface area (Å²) in [5.41, 5.74) is 0.999. The minimum atomic E-state index is 0.835. The molecule has 1 N–H and O–H groups in total. The van der Waals surface area contributed by atoms with E-state index in [-0.39, 0.29) is 0 Å². The summed E-state index contributed by atoms with van der Waals surface area (Å²) in [6, 6.07) is 1.91. The van der Waals surface area contributed by atoms with Crippen molar-refractivity contribution in [1.82, 2.24) is 10.5 Å². The van der Waals surface area contributed by atoms with Gasteiger partial charge in [-0.2, -0.15) is 0 Å². The van der Waals surface area contributed by atoms with Crippen molar-refractivity contribution in [3.05, 3.63) is 18.0 Å². The maximum Gasteiger partial charge on any atom is 0.124 e. The fourth-order valence-electron chi connectivity index (χ4n) is 2.48. The fraction of sp³-hybridized carbons (Fsp3) is 0.750. The lowest BCUT2D eigenvalue weighted by atomic mass is 9.82. The van der Waals surface area contributed by atoms with Crippen LogP contribution in [0.2, 0.25) is 0 Å². The summed E-state index contributed by atoms with van der Waals surface area (Å²) in [5.74, 6) is 1.78. The van der Waals surface area contributed by atoms with Crippen LogP contribution in [0, 0.1) is 11.8 Å². The molecule has 0 spiro atoms. The molecule has 1 aromatic rings. The minimum absolute atomic E-state index is 0.835. The molecule has 84 valence electrons. The summed E-state index contributed by atoms with van der Waals surface area (Å²) < 4.78 is 4.78. The smallest absolute Gasteiger partial charge is 0.124 e. The molecule has 1 aliphatic carbocycles. The molecular formula is C12H20N2O. The first-order valence-electron chi connectivity index (χ1n) is 5.94. The van der Waals surface area contributed by atoms with E-state index in [2.05, 4.69) is 17.4 Å². The predicted octanol–water partition coefficient (Wildman–Crippen LogP) is 2.59. The highest BCUT2D eigenvalue weighted by molar-refractivity contribution is 4.94. The number of hydrogen-bond acceptors (Lipinski definition) is 3. The molecule has 1 fully saturated rings. The van der Waals surface area contributed by atoms with Crippen molar-refractivity contribution in [2.75, 3.05) is 6.54 Å². The fourth-order valence-corrected chi connectivity index (χ4v) is 2.48. The molecule has 0 saturated heterocycles. The Labute approximate surface area is 91.2 Å². The predicted molar refractivity (Wildman–Crippen MR) is 59.3 cm³/mol. The third kappa shape index (κ3) is 3.34. The van der Waals surface area contributed by atoms with E-state index in [1.807, 2.05) is 6.07 Å². The van der Waals surface area contributed by atoms with Gasteiger partial charge in [0.1, 0.15) is 6.26 Å². The van der Waals surface area contributed by atoms with Gasteiger partial charge in [-0.3, -0.25) is 0 Å². The molecule has 0 aromatic carbocycles. The van der Waals surface area contributed by atoms with Crippen LogP contribution >= 0.6 is 0 Å². The van der Waals surface area contributed by atoms with Gasteiger partial charge in [0.2, 0.25) is 0 Å². The SMILES string of the molecule is CC1CCCC(CNCc2ccon2)C1. The lowest BCUT2D eigenvalue weighted by molar-refractivity contribution is 0.273. The summed E-state index contributed by atoms with van der Waals surface area (Å²) in [5, 5.41) is 7.33. The first-order valence-corrected chi connectivity index (χ1v) is 5.94. The molecule has 1 aliphatic rings. The van der Waals surface area contributed by atoms with Gasteiger partial charge < -0.3 is 9.84 Å². The summed E-state index contributed by atoms with van der Waals surface area (Å²) in [6.07, 6.45) is 7.21. The van der Waals surface area contributed by atoms with Crippen molar-refractivity contribution in [1.29, 1.82) is 0 Å². The van der Waals surface area contributed by atoms with E-state index in [0.29, 0.717) is 0 Å². The molecule has 0 amide bonds. The van der Waals surface area contributed by atoms with Crippen LogP contribution in [-0.4, -0.2) is 11.7 Å². The van der Waals surface area contributed by atoms with E-state index >= 15 is 0 Å². The average molecular weight is 208 g/mol. The Morgan fingerprint density at radius 3 is 3.20 bits per heavy atom. The maximum atomic E-state index is 4.78. The molecule has 1 saturated carbocycles. The van der Waals surface area contributed by atoms with E-state index in [9.17, 15) is 0 Å². The second-order valence-electron chi connectivity index (χ2n) is 4.76. The average Bonchev–Trinajstić information content (AvgIpc) is 2.71. The zero-order valence-electron chi connectivity index (χ0n) is 9.41. The monoisotopic (exact) mass is 208 g/mol. The highest BCUT2D eigenvalue weighted by Gasteiger charge is 2.18. The molecule has 2 unspecified atom stereocenters. The first kappa shape index (κ1) is 10.7. The zero-order chi connectivity index (χ0) is 10.5. The maximum absolute atomic E-state index is 4.78. The summed E-state index contributed by atoms with van der Waals surface area (Å²) >= 11 is 0. The number of nitrogens with one attached hydrogen (secondary N) is 1. The summed E-state index contributed by atoms with van der Waals surface area (Å²) in [7, 11) is 0. The molecule has 3 heteroatoms. The molecule has 3 nitrogen and oxygen atoms in total. The van der Waals surface area contributed by atoms with Crippen LogP contribution in [0.4, 0.5) is 0 Å². The molecule has 0 bridgehead atoms. The third-order valence-corrected chi connectivity index (χ3v) is 3.28. The summed E-state index contributed by atoms with van der Waals surface area (Å²) in [6.45, 7) is 4.32. The molecule has 2 atom stereocenters. The number of nitrogens with zero attached hydrogens (tertiary/aromatic N) is 1. The van der Waals surface area contributed by atoms with Crippen molar-refractivity contribution in [3.63, 3.8) is 0 Å². The van der Waals surface area contributed by atoms with Crippen molar-refractivity contribution in [3.8, 4) is 0 Å². The Morgan fingerprint density at radius 1 is 1.53 bits per heavy atom. The minimum Gasteiger partial charge on any atom is -0.364 e. The first-order chi connectivity index (χ1) is 7.34. The molecule has 1 heterocycles. The lowest BCUT2D eigenvalue weighted by Gasteiger charge is -2.26. The largest absolute Gasteiger partial charge is 0.364 e. The van der Waals surface area contributed by atoms with Crippen LogP contribution in [0.5, 0.6) is 0 Å². The Bertz CT molecular complexity index is 271. The van der Waals surface area contributed by atoms with Crippen LogP contribution in [-0.2, 0) is 6.54 Å². The lowest BCUT2D eigenvalue weighted by Crippen LogP contribution is -2.26. The van der Waals surface area contributed by atoms with Gasteiger partial charge in [-0.05, 0) is 31.2 Å². The van der Waals surface area contributed by atoms with Crippen LogP contribution in [0.3, 0.4) is 0 Å². The van der Waals surface area contributed by atoms with Gasteiger partial charge in [0.05, 0.1) is 5.69 Å². The van der Waals surface area contributed by atoms with Crippen molar-refractivity contribution in [2.24, 2.45) is 11.8 Å². The van der Waals surface area contributed by atoms with E-state index < -0.39 is 0 Å². The van der Waals surface area contributed by atoms with Gasteiger partial charge in [-0.1, -0.05) is 24.9 Å². The molecule has 15 heavy (non-hydrogen) atoms. The zero-order valence-corrected chi connectivity index (χ0v) is 9.41. The summed E-state index contributed by atoms with van der Waals surface area (Å²) in [4.78, 5) is 0. The Kier molecular flexibility index (Phi) is 3.78. The van der Waals surface area contributed by atoms with Gasteiger partial charge in [0, 0.05) is 12.6 Å². The Hall–Kier alpha value is -0.830. The quantitative estimate of drug-likeness (QED) is 0.826. The number of aromatic nitrogens is 1. The van der Waals surface area contributed by atoms with Gasteiger partial charge in [-0.25, -0.2) is 0 Å². The van der Waals surface area contributed by atoms with E-state index in [0.717, 1.165) is 30.6 Å². The van der Waals surface area contributed by atoms with Crippen LogP contribution in [0.25, 0.3) is 0 Å². The van der Waals surface area contributed by atoms with Crippen molar-refractivity contribution in [2.45, 2.75) is 39.2 Å². The van der Waals surface area contributed by atoms with Crippen molar-refractivity contribution < 1.29 is 4.52 Å². The number of hydrogen-bond donors (Lipinski definition) is 1. The van der Waals surface area contributed by atoms with Gasteiger partial charge in [-0.15, -0.1) is 0 Å². The molecule has 2 rings (SSSR count). The molecule has 0 radical (unpaired) electrons. The third-order valence-electron chi connectivity index (χ3n) is 3.28. The molecule has 1 aromatic heterocycles. The molecule has 0 aliphatic heterocycles. The van der Waals surface area contributed by atoms with Crippen LogP contribution < -0.4 is 5.32 Å². The Morgan fingerprint density at radius 2 is 2.47 bits per heavy atom. The second kappa shape index (κ2) is 5.31. The van der Waals surface area contributed by atoms with E-state index in [1.54, 1.807) is 6.26 Å².